The molecule has 1 aliphatic rings. The van der Waals surface area contributed by atoms with E-state index in [0.717, 1.165) is 43.5 Å². The van der Waals surface area contributed by atoms with Gasteiger partial charge in [0.2, 0.25) is 15.9 Å². The Morgan fingerprint density at radius 2 is 1.59 bits per heavy atom. The maximum Gasteiger partial charge on any atom is 0.232 e. The molecule has 1 heterocycles. The SMILES string of the molecule is O=C(Cc1ccc(NS(=O)(=O)CCCc2ccccc2)cc1)N1CCCC1. The topological polar surface area (TPSA) is 66.5 Å². The van der Waals surface area contributed by atoms with Crippen molar-refractivity contribution in [1.29, 1.82) is 0 Å². The number of sulfonamides is 1. The lowest BCUT2D eigenvalue weighted by Crippen LogP contribution is -2.29. The maximum absolute atomic E-state index is 12.3. The first kappa shape index (κ1) is 19.4. The average Bonchev–Trinajstić information content (AvgIpc) is 3.19. The molecule has 0 bridgehead atoms. The van der Waals surface area contributed by atoms with Crippen LogP contribution in [-0.2, 0) is 27.7 Å². The number of aryl methyl sites for hydroxylation is 1. The smallest absolute Gasteiger partial charge is 0.232 e. The van der Waals surface area contributed by atoms with Gasteiger partial charge < -0.3 is 4.90 Å². The van der Waals surface area contributed by atoms with E-state index in [-0.39, 0.29) is 11.7 Å². The first-order valence-corrected chi connectivity index (χ1v) is 11.1. The Hall–Kier alpha value is -2.34. The molecule has 1 saturated heterocycles. The fourth-order valence-electron chi connectivity index (χ4n) is 3.29. The van der Waals surface area contributed by atoms with Gasteiger partial charge in [-0.1, -0.05) is 42.5 Å². The zero-order valence-electron chi connectivity index (χ0n) is 15.4. The third-order valence-electron chi connectivity index (χ3n) is 4.76. The molecule has 1 aliphatic heterocycles. The van der Waals surface area contributed by atoms with E-state index >= 15 is 0 Å². The Labute approximate surface area is 161 Å². The molecule has 2 aromatic rings. The van der Waals surface area contributed by atoms with Gasteiger partial charge in [-0.05, 0) is 48.9 Å². The summed E-state index contributed by atoms with van der Waals surface area (Å²) in [7, 11) is -3.38. The average molecular weight is 387 g/mol. The highest BCUT2D eigenvalue weighted by atomic mass is 32.2. The minimum absolute atomic E-state index is 0.0804. The second-order valence-corrected chi connectivity index (χ2v) is 8.81. The van der Waals surface area contributed by atoms with Crippen molar-refractivity contribution in [3.8, 4) is 0 Å². The summed E-state index contributed by atoms with van der Waals surface area (Å²) < 4.78 is 27.1. The van der Waals surface area contributed by atoms with Crippen LogP contribution in [0.3, 0.4) is 0 Å². The molecule has 5 nitrogen and oxygen atoms in total. The Bertz CT molecular complexity index is 843. The molecular weight excluding hydrogens is 360 g/mol. The number of carbonyl (C=O) groups excluding carboxylic acids is 1. The largest absolute Gasteiger partial charge is 0.342 e. The van der Waals surface area contributed by atoms with Crippen LogP contribution in [0.25, 0.3) is 0 Å². The fraction of sp³-hybridized carbons (Fsp3) is 0.381. The summed E-state index contributed by atoms with van der Waals surface area (Å²) in [6.07, 6.45) is 3.83. The summed E-state index contributed by atoms with van der Waals surface area (Å²) in [5.74, 6) is 0.221. The van der Waals surface area contributed by atoms with E-state index in [4.69, 9.17) is 0 Å². The molecule has 0 radical (unpaired) electrons. The van der Waals surface area contributed by atoms with Gasteiger partial charge in [-0.25, -0.2) is 8.42 Å². The van der Waals surface area contributed by atoms with Gasteiger partial charge in [0.1, 0.15) is 0 Å². The standard InChI is InChI=1S/C21H26N2O3S/c24-21(23-14-4-5-15-23)17-19-10-12-20(13-11-19)22-27(25,26)16-6-9-18-7-2-1-3-8-18/h1-3,7-8,10-13,22H,4-6,9,14-17H2. The van der Waals surface area contributed by atoms with E-state index in [1.165, 1.54) is 0 Å². The van der Waals surface area contributed by atoms with Crippen molar-refractivity contribution in [2.24, 2.45) is 0 Å². The van der Waals surface area contributed by atoms with Crippen LogP contribution < -0.4 is 4.72 Å². The van der Waals surface area contributed by atoms with Crippen LogP contribution >= 0.6 is 0 Å². The van der Waals surface area contributed by atoms with Crippen LogP contribution in [0.4, 0.5) is 5.69 Å². The van der Waals surface area contributed by atoms with Crippen LogP contribution in [0.15, 0.2) is 54.6 Å². The zero-order valence-corrected chi connectivity index (χ0v) is 16.2. The lowest BCUT2D eigenvalue weighted by Gasteiger charge is -2.15. The van der Waals surface area contributed by atoms with Crippen LogP contribution in [0.5, 0.6) is 0 Å². The molecule has 0 unspecified atom stereocenters. The summed E-state index contributed by atoms with van der Waals surface area (Å²) in [5.41, 5.74) is 2.57. The van der Waals surface area contributed by atoms with E-state index in [1.807, 2.05) is 47.4 Å². The van der Waals surface area contributed by atoms with E-state index in [0.29, 0.717) is 18.5 Å². The van der Waals surface area contributed by atoms with Gasteiger partial charge in [-0.15, -0.1) is 0 Å². The van der Waals surface area contributed by atoms with Crippen molar-refractivity contribution in [2.75, 3.05) is 23.6 Å². The second kappa shape index (κ2) is 9.04. The Morgan fingerprint density at radius 1 is 0.926 bits per heavy atom. The number of anilines is 1. The van der Waals surface area contributed by atoms with Gasteiger partial charge >= 0.3 is 0 Å². The molecule has 0 atom stereocenters. The Morgan fingerprint density at radius 3 is 2.26 bits per heavy atom. The predicted molar refractivity (Wildman–Crippen MR) is 108 cm³/mol. The third-order valence-corrected chi connectivity index (χ3v) is 6.14. The summed E-state index contributed by atoms with van der Waals surface area (Å²) in [6.45, 7) is 1.69. The first-order valence-electron chi connectivity index (χ1n) is 9.43. The quantitative estimate of drug-likeness (QED) is 0.757. The van der Waals surface area contributed by atoms with Gasteiger partial charge in [0.25, 0.3) is 0 Å². The molecule has 0 aromatic heterocycles. The number of amides is 1. The molecule has 0 aliphatic carbocycles. The predicted octanol–water partition coefficient (Wildman–Crippen LogP) is 3.23. The molecule has 1 N–H and O–H groups in total. The van der Waals surface area contributed by atoms with E-state index in [9.17, 15) is 13.2 Å². The number of hydrogen-bond donors (Lipinski definition) is 1. The monoisotopic (exact) mass is 386 g/mol. The van der Waals surface area contributed by atoms with Gasteiger partial charge in [-0.3, -0.25) is 9.52 Å². The van der Waals surface area contributed by atoms with Gasteiger partial charge in [-0.2, -0.15) is 0 Å². The third kappa shape index (κ3) is 6.10. The van der Waals surface area contributed by atoms with Crippen molar-refractivity contribution in [1.82, 2.24) is 4.90 Å². The number of nitrogens with one attached hydrogen (secondary N) is 1. The Kier molecular flexibility index (Phi) is 6.50. The number of nitrogens with zero attached hydrogens (tertiary/aromatic N) is 1. The summed E-state index contributed by atoms with van der Waals surface area (Å²) in [6, 6.07) is 16.9. The molecule has 1 amide bonds. The number of benzene rings is 2. The van der Waals surface area contributed by atoms with Crippen molar-refractivity contribution >= 4 is 21.6 Å². The van der Waals surface area contributed by atoms with Gasteiger partial charge in [0, 0.05) is 18.8 Å². The van der Waals surface area contributed by atoms with Gasteiger partial charge in [0.15, 0.2) is 0 Å². The normalized spacial score (nSPS) is 14.3. The minimum Gasteiger partial charge on any atom is -0.342 e. The van der Waals surface area contributed by atoms with Crippen molar-refractivity contribution in [3.63, 3.8) is 0 Å². The Balaban J connectivity index is 1.48. The molecule has 0 spiro atoms. The number of hydrogen-bond acceptors (Lipinski definition) is 3. The van der Waals surface area contributed by atoms with Crippen LogP contribution in [0.2, 0.25) is 0 Å². The molecular formula is C21H26N2O3S. The highest BCUT2D eigenvalue weighted by Gasteiger charge is 2.18. The zero-order chi connectivity index (χ0) is 19.1. The van der Waals surface area contributed by atoms with Crippen LogP contribution in [-0.4, -0.2) is 38.1 Å². The van der Waals surface area contributed by atoms with Gasteiger partial charge in [0.05, 0.1) is 12.2 Å². The molecule has 0 saturated carbocycles. The van der Waals surface area contributed by atoms with E-state index in [1.54, 1.807) is 12.1 Å². The number of rotatable bonds is 8. The molecule has 27 heavy (non-hydrogen) atoms. The summed E-state index contributed by atoms with van der Waals surface area (Å²) in [4.78, 5) is 14.1. The molecule has 144 valence electrons. The highest BCUT2D eigenvalue weighted by Crippen LogP contribution is 2.15. The highest BCUT2D eigenvalue weighted by molar-refractivity contribution is 7.92. The molecule has 3 rings (SSSR count). The van der Waals surface area contributed by atoms with E-state index < -0.39 is 10.0 Å². The van der Waals surface area contributed by atoms with Crippen molar-refractivity contribution in [2.45, 2.75) is 32.1 Å². The van der Waals surface area contributed by atoms with Crippen LogP contribution in [0, 0.1) is 0 Å². The van der Waals surface area contributed by atoms with Crippen molar-refractivity contribution in [3.05, 3.63) is 65.7 Å². The lowest BCUT2D eigenvalue weighted by atomic mass is 10.1. The second-order valence-electron chi connectivity index (χ2n) is 6.97. The van der Waals surface area contributed by atoms with Crippen molar-refractivity contribution < 1.29 is 13.2 Å². The number of likely N-dealkylation sites (tertiary alicyclic amines) is 1. The molecule has 2 aromatic carbocycles. The molecule has 1 fully saturated rings. The lowest BCUT2D eigenvalue weighted by molar-refractivity contribution is -0.129. The van der Waals surface area contributed by atoms with Crippen LogP contribution in [0.1, 0.15) is 30.4 Å². The fourth-order valence-corrected chi connectivity index (χ4v) is 4.41. The number of carbonyl (C=O) groups is 1. The minimum atomic E-state index is -3.38. The maximum atomic E-state index is 12.3. The first-order chi connectivity index (χ1) is 13.0. The summed E-state index contributed by atoms with van der Waals surface area (Å²) >= 11 is 0. The van der Waals surface area contributed by atoms with E-state index in [2.05, 4.69) is 4.72 Å². The summed E-state index contributed by atoms with van der Waals surface area (Å²) in [5, 5.41) is 0. The molecule has 6 heteroatoms.